The van der Waals surface area contributed by atoms with Gasteiger partial charge in [-0.3, -0.25) is 9.59 Å². The van der Waals surface area contributed by atoms with Gasteiger partial charge in [-0.25, -0.2) is 0 Å². The van der Waals surface area contributed by atoms with Crippen LogP contribution in [0.4, 0.5) is 0 Å². The van der Waals surface area contributed by atoms with Crippen LogP contribution in [0.3, 0.4) is 0 Å². The van der Waals surface area contributed by atoms with Gasteiger partial charge >= 0.3 is 5.97 Å². The molecule has 98 valence electrons. The van der Waals surface area contributed by atoms with E-state index in [4.69, 9.17) is 5.11 Å². The summed E-state index contributed by atoms with van der Waals surface area (Å²) < 4.78 is 0. The summed E-state index contributed by atoms with van der Waals surface area (Å²) in [4.78, 5) is 27.2. The van der Waals surface area contributed by atoms with Gasteiger partial charge in [0.25, 0.3) is 5.91 Å². The first-order chi connectivity index (χ1) is 9.11. The van der Waals surface area contributed by atoms with Crippen molar-refractivity contribution in [1.29, 1.82) is 0 Å². The molecular formula is C14H14N2O3. The minimum atomic E-state index is -1.05. The van der Waals surface area contributed by atoms with Gasteiger partial charge in [0.1, 0.15) is 12.2 Å². The van der Waals surface area contributed by atoms with Crippen molar-refractivity contribution in [3.8, 4) is 0 Å². The van der Waals surface area contributed by atoms with E-state index in [1.165, 1.54) is 11.0 Å². The number of aromatic amines is 1. The molecule has 0 atom stereocenters. The maximum absolute atomic E-state index is 12.2. The van der Waals surface area contributed by atoms with E-state index < -0.39 is 5.97 Å². The molecule has 1 aromatic carbocycles. The molecule has 5 nitrogen and oxygen atoms in total. The van der Waals surface area contributed by atoms with Crippen LogP contribution in [0, 0.1) is 0 Å². The molecule has 1 amide bonds. The Balaban J connectivity index is 2.29. The van der Waals surface area contributed by atoms with E-state index in [2.05, 4.69) is 11.6 Å². The van der Waals surface area contributed by atoms with Crippen LogP contribution in [0.25, 0.3) is 10.9 Å². The molecule has 0 aliphatic carbocycles. The molecule has 0 fully saturated rings. The first kappa shape index (κ1) is 12.9. The van der Waals surface area contributed by atoms with Crippen molar-refractivity contribution >= 4 is 22.8 Å². The van der Waals surface area contributed by atoms with Crippen molar-refractivity contribution in [2.24, 2.45) is 0 Å². The number of rotatable bonds is 5. The Morgan fingerprint density at radius 3 is 2.74 bits per heavy atom. The SMILES string of the molecule is C=CCN(CC(=O)O)C(=O)c1cc2ccccc2[nH]1. The number of nitrogens with zero attached hydrogens (tertiary/aromatic N) is 1. The van der Waals surface area contributed by atoms with Crippen molar-refractivity contribution in [3.63, 3.8) is 0 Å². The molecule has 0 unspecified atom stereocenters. The van der Waals surface area contributed by atoms with Crippen molar-refractivity contribution in [1.82, 2.24) is 9.88 Å². The van der Waals surface area contributed by atoms with Crippen molar-refractivity contribution in [2.45, 2.75) is 0 Å². The molecule has 2 rings (SSSR count). The van der Waals surface area contributed by atoms with Crippen LogP contribution >= 0.6 is 0 Å². The highest BCUT2D eigenvalue weighted by atomic mass is 16.4. The Hall–Kier alpha value is -2.56. The van der Waals surface area contributed by atoms with Gasteiger partial charge in [0.15, 0.2) is 0 Å². The second kappa shape index (κ2) is 5.39. The largest absolute Gasteiger partial charge is 0.480 e. The standard InChI is InChI=1S/C14H14N2O3/c1-2-7-16(9-13(17)18)14(19)12-8-10-5-3-4-6-11(10)15-12/h2-6,8,15H,1,7,9H2,(H,17,18). The van der Waals surface area contributed by atoms with Crippen LogP contribution in [0.2, 0.25) is 0 Å². The number of amides is 1. The molecule has 0 radical (unpaired) electrons. The molecule has 2 aromatic rings. The molecule has 5 heteroatoms. The van der Waals surface area contributed by atoms with E-state index in [1.54, 1.807) is 6.07 Å². The molecule has 0 saturated carbocycles. The summed E-state index contributed by atoms with van der Waals surface area (Å²) in [6.07, 6.45) is 1.50. The number of carbonyl (C=O) groups excluding carboxylic acids is 1. The highest BCUT2D eigenvalue weighted by Crippen LogP contribution is 2.16. The number of aromatic nitrogens is 1. The number of hydrogen-bond donors (Lipinski definition) is 2. The van der Waals surface area contributed by atoms with E-state index in [0.717, 1.165) is 10.9 Å². The molecule has 19 heavy (non-hydrogen) atoms. The number of benzene rings is 1. The Labute approximate surface area is 110 Å². The van der Waals surface area contributed by atoms with Crippen molar-refractivity contribution in [2.75, 3.05) is 13.1 Å². The predicted octanol–water partition coefficient (Wildman–Crippen LogP) is 1.88. The fourth-order valence-electron chi connectivity index (χ4n) is 1.90. The van der Waals surface area contributed by atoms with E-state index in [0.29, 0.717) is 5.69 Å². The van der Waals surface area contributed by atoms with Crippen LogP contribution < -0.4 is 0 Å². The van der Waals surface area contributed by atoms with Gasteiger partial charge in [0, 0.05) is 17.4 Å². The summed E-state index contributed by atoms with van der Waals surface area (Å²) in [6, 6.07) is 9.21. The highest BCUT2D eigenvalue weighted by molar-refractivity contribution is 5.99. The van der Waals surface area contributed by atoms with Crippen molar-refractivity contribution < 1.29 is 14.7 Å². The summed E-state index contributed by atoms with van der Waals surface area (Å²) in [5, 5.41) is 9.72. The maximum atomic E-state index is 12.2. The van der Waals surface area contributed by atoms with Gasteiger partial charge in [0.2, 0.25) is 0 Å². The number of hydrogen-bond acceptors (Lipinski definition) is 2. The summed E-state index contributed by atoms with van der Waals surface area (Å²) in [7, 11) is 0. The Morgan fingerprint density at radius 1 is 1.37 bits per heavy atom. The third-order valence-corrected chi connectivity index (χ3v) is 2.72. The fraction of sp³-hybridized carbons (Fsp3) is 0.143. The van der Waals surface area contributed by atoms with Crippen LogP contribution in [-0.2, 0) is 4.79 Å². The summed E-state index contributed by atoms with van der Waals surface area (Å²) in [5.74, 6) is -1.40. The molecular weight excluding hydrogens is 244 g/mol. The number of para-hydroxylation sites is 1. The minimum Gasteiger partial charge on any atom is -0.480 e. The zero-order valence-electron chi connectivity index (χ0n) is 10.3. The van der Waals surface area contributed by atoms with Gasteiger partial charge in [-0.1, -0.05) is 24.3 Å². The van der Waals surface area contributed by atoms with E-state index in [9.17, 15) is 9.59 Å². The van der Waals surface area contributed by atoms with Gasteiger partial charge in [0.05, 0.1) is 0 Å². The lowest BCUT2D eigenvalue weighted by Crippen LogP contribution is -2.35. The average Bonchev–Trinajstić information content (AvgIpc) is 2.80. The molecule has 0 spiro atoms. The first-order valence-electron chi connectivity index (χ1n) is 5.81. The normalized spacial score (nSPS) is 10.3. The molecule has 2 N–H and O–H groups in total. The minimum absolute atomic E-state index is 0.195. The van der Waals surface area contributed by atoms with Crippen LogP contribution in [-0.4, -0.2) is 40.0 Å². The molecule has 0 aliphatic heterocycles. The zero-order valence-corrected chi connectivity index (χ0v) is 10.3. The first-order valence-corrected chi connectivity index (χ1v) is 5.81. The van der Waals surface area contributed by atoms with E-state index in [1.807, 2.05) is 24.3 Å². The molecule has 0 aliphatic rings. The summed E-state index contributed by atoms with van der Waals surface area (Å²) >= 11 is 0. The van der Waals surface area contributed by atoms with Gasteiger partial charge < -0.3 is 15.0 Å². The second-order valence-electron chi connectivity index (χ2n) is 4.14. The Bertz CT molecular complexity index is 597. The number of carbonyl (C=O) groups is 2. The number of H-pyrrole nitrogens is 1. The average molecular weight is 258 g/mol. The van der Waals surface area contributed by atoms with E-state index >= 15 is 0 Å². The number of carboxylic acids is 1. The van der Waals surface area contributed by atoms with E-state index in [-0.39, 0.29) is 19.0 Å². The lowest BCUT2D eigenvalue weighted by molar-refractivity contribution is -0.137. The number of nitrogens with one attached hydrogen (secondary N) is 1. The quantitative estimate of drug-likeness (QED) is 0.804. The van der Waals surface area contributed by atoms with Crippen LogP contribution in [0.1, 0.15) is 10.5 Å². The second-order valence-corrected chi connectivity index (χ2v) is 4.14. The number of fused-ring (bicyclic) bond motifs is 1. The molecule has 1 heterocycles. The van der Waals surface area contributed by atoms with Crippen molar-refractivity contribution in [3.05, 3.63) is 48.7 Å². The molecule has 0 bridgehead atoms. The number of carboxylic acid groups (broad SMARTS) is 1. The van der Waals surface area contributed by atoms with Crippen LogP contribution in [0.15, 0.2) is 43.0 Å². The third kappa shape index (κ3) is 2.82. The summed E-state index contributed by atoms with van der Waals surface area (Å²) in [6.45, 7) is 3.38. The highest BCUT2D eigenvalue weighted by Gasteiger charge is 2.18. The zero-order chi connectivity index (χ0) is 13.8. The Kier molecular flexibility index (Phi) is 3.66. The maximum Gasteiger partial charge on any atom is 0.323 e. The topological polar surface area (TPSA) is 73.4 Å². The molecule has 0 saturated heterocycles. The Morgan fingerprint density at radius 2 is 2.11 bits per heavy atom. The monoisotopic (exact) mass is 258 g/mol. The molecule has 1 aromatic heterocycles. The van der Waals surface area contributed by atoms with Crippen LogP contribution in [0.5, 0.6) is 0 Å². The fourth-order valence-corrected chi connectivity index (χ4v) is 1.90. The van der Waals surface area contributed by atoms with Gasteiger partial charge in [-0.05, 0) is 12.1 Å². The smallest absolute Gasteiger partial charge is 0.323 e. The van der Waals surface area contributed by atoms with Gasteiger partial charge in [-0.2, -0.15) is 0 Å². The third-order valence-electron chi connectivity index (χ3n) is 2.72. The summed E-state index contributed by atoms with van der Waals surface area (Å²) in [5.41, 5.74) is 1.23. The lowest BCUT2D eigenvalue weighted by Gasteiger charge is -2.17. The van der Waals surface area contributed by atoms with Gasteiger partial charge in [-0.15, -0.1) is 6.58 Å². The number of aliphatic carboxylic acids is 1. The predicted molar refractivity (Wildman–Crippen MR) is 72.0 cm³/mol. The lowest BCUT2D eigenvalue weighted by atomic mass is 10.2.